The van der Waals surface area contributed by atoms with Crippen molar-refractivity contribution in [3.05, 3.63) is 42.7 Å². The summed E-state index contributed by atoms with van der Waals surface area (Å²) in [4.78, 5) is 4.55. The molecule has 0 spiro atoms. The molecule has 2 rings (SSSR count). The first-order valence-electron chi connectivity index (χ1n) is 5.90. The summed E-state index contributed by atoms with van der Waals surface area (Å²) in [5.74, 6) is 0. The van der Waals surface area contributed by atoms with Gasteiger partial charge in [0.25, 0.3) is 0 Å². The van der Waals surface area contributed by atoms with E-state index in [1.54, 1.807) is 0 Å². The first-order chi connectivity index (χ1) is 7.37. The SMILES string of the molecule is C=CCC1(c2ccccn2)CCCCC1. The van der Waals surface area contributed by atoms with Crippen LogP contribution in [-0.2, 0) is 5.41 Å². The average molecular weight is 201 g/mol. The summed E-state index contributed by atoms with van der Waals surface area (Å²) in [7, 11) is 0. The van der Waals surface area contributed by atoms with Crippen molar-refractivity contribution in [3.63, 3.8) is 0 Å². The van der Waals surface area contributed by atoms with E-state index in [2.05, 4.69) is 29.8 Å². The highest BCUT2D eigenvalue weighted by atomic mass is 14.7. The highest BCUT2D eigenvalue weighted by Gasteiger charge is 2.33. The van der Waals surface area contributed by atoms with Gasteiger partial charge in [-0.25, -0.2) is 0 Å². The molecule has 0 aliphatic heterocycles. The number of rotatable bonds is 3. The number of nitrogens with zero attached hydrogens (tertiary/aromatic N) is 1. The van der Waals surface area contributed by atoms with E-state index in [4.69, 9.17) is 0 Å². The second-order valence-corrected chi connectivity index (χ2v) is 4.55. The maximum atomic E-state index is 4.55. The fourth-order valence-corrected chi connectivity index (χ4v) is 2.75. The zero-order valence-electron chi connectivity index (χ0n) is 9.28. The van der Waals surface area contributed by atoms with Crippen molar-refractivity contribution in [2.24, 2.45) is 0 Å². The molecule has 1 saturated carbocycles. The van der Waals surface area contributed by atoms with Crippen LogP contribution in [0.25, 0.3) is 0 Å². The highest BCUT2D eigenvalue weighted by molar-refractivity contribution is 5.19. The van der Waals surface area contributed by atoms with Gasteiger partial charge in [0.15, 0.2) is 0 Å². The van der Waals surface area contributed by atoms with Gasteiger partial charge in [-0.05, 0) is 31.4 Å². The van der Waals surface area contributed by atoms with Crippen LogP contribution in [0.1, 0.15) is 44.2 Å². The maximum absolute atomic E-state index is 4.55. The van der Waals surface area contributed by atoms with E-state index in [0.29, 0.717) is 5.41 Å². The first kappa shape index (κ1) is 10.4. The van der Waals surface area contributed by atoms with Crippen LogP contribution >= 0.6 is 0 Å². The molecule has 0 bridgehead atoms. The van der Waals surface area contributed by atoms with Gasteiger partial charge in [0.1, 0.15) is 0 Å². The lowest BCUT2D eigenvalue weighted by molar-refractivity contribution is 0.288. The lowest BCUT2D eigenvalue weighted by atomic mass is 9.69. The molecular weight excluding hydrogens is 182 g/mol. The minimum Gasteiger partial charge on any atom is -0.261 e. The monoisotopic (exact) mass is 201 g/mol. The van der Waals surface area contributed by atoms with Gasteiger partial charge in [-0.15, -0.1) is 6.58 Å². The van der Waals surface area contributed by atoms with Gasteiger partial charge in [0, 0.05) is 17.3 Å². The summed E-state index contributed by atoms with van der Waals surface area (Å²) in [6, 6.07) is 6.27. The number of allylic oxidation sites excluding steroid dienone is 1. The Morgan fingerprint density at radius 3 is 2.67 bits per heavy atom. The fraction of sp³-hybridized carbons (Fsp3) is 0.500. The number of pyridine rings is 1. The fourth-order valence-electron chi connectivity index (χ4n) is 2.75. The summed E-state index contributed by atoms with van der Waals surface area (Å²) in [5.41, 5.74) is 1.56. The summed E-state index contributed by atoms with van der Waals surface area (Å²) >= 11 is 0. The predicted octanol–water partition coefficient (Wildman–Crippen LogP) is 3.86. The molecule has 0 aromatic carbocycles. The molecule has 1 aromatic heterocycles. The molecule has 80 valence electrons. The molecule has 0 radical (unpaired) electrons. The smallest absolute Gasteiger partial charge is 0.0468 e. The van der Waals surface area contributed by atoms with Gasteiger partial charge in [0.2, 0.25) is 0 Å². The summed E-state index contributed by atoms with van der Waals surface area (Å²) in [6.45, 7) is 3.90. The van der Waals surface area contributed by atoms with E-state index in [0.717, 1.165) is 6.42 Å². The minimum atomic E-state index is 0.293. The van der Waals surface area contributed by atoms with Crippen molar-refractivity contribution in [3.8, 4) is 0 Å². The summed E-state index contributed by atoms with van der Waals surface area (Å²) in [5, 5.41) is 0. The van der Waals surface area contributed by atoms with Crippen molar-refractivity contribution in [1.82, 2.24) is 4.98 Å². The van der Waals surface area contributed by atoms with E-state index in [-0.39, 0.29) is 0 Å². The highest BCUT2D eigenvalue weighted by Crippen LogP contribution is 2.41. The van der Waals surface area contributed by atoms with Crippen LogP contribution in [0.3, 0.4) is 0 Å². The van der Waals surface area contributed by atoms with Crippen molar-refractivity contribution >= 4 is 0 Å². The number of hydrogen-bond donors (Lipinski definition) is 0. The third-order valence-corrected chi connectivity index (χ3v) is 3.55. The molecule has 0 unspecified atom stereocenters. The van der Waals surface area contributed by atoms with Crippen LogP contribution in [0.4, 0.5) is 0 Å². The summed E-state index contributed by atoms with van der Waals surface area (Å²) in [6.07, 6.45) is 11.6. The molecule has 0 N–H and O–H groups in total. The molecule has 0 atom stereocenters. The molecule has 0 saturated heterocycles. The van der Waals surface area contributed by atoms with Crippen LogP contribution in [-0.4, -0.2) is 4.98 Å². The van der Waals surface area contributed by atoms with Crippen LogP contribution in [0.5, 0.6) is 0 Å². The normalized spacial score (nSPS) is 19.7. The van der Waals surface area contributed by atoms with Gasteiger partial charge in [-0.1, -0.05) is 31.4 Å². The molecule has 15 heavy (non-hydrogen) atoms. The third-order valence-electron chi connectivity index (χ3n) is 3.55. The summed E-state index contributed by atoms with van der Waals surface area (Å²) < 4.78 is 0. The van der Waals surface area contributed by atoms with Gasteiger partial charge in [0.05, 0.1) is 0 Å². The zero-order chi connectivity index (χ0) is 10.6. The van der Waals surface area contributed by atoms with E-state index < -0.39 is 0 Å². The zero-order valence-corrected chi connectivity index (χ0v) is 9.28. The van der Waals surface area contributed by atoms with Crippen molar-refractivity contribution in [2.75, 3.05) is 0 Å². The minimum absolute atomic E-state index is 0.293. The number of hydrogen-bond acceptors (Lipinski definition) is 1. The van der Waals surface area contributed by atoms with E-state index >= 15 is 0 Å². The Kier molecular flexibility index (Phi) is 3.20. The van der Waals surface area contributed by atoms with Crippen molar-refractivity contribution < 1.29 is 0 Å². The van der Waals surface area contributed by atoms with E-state index in [1.807, 2.05) is 12.3 Å². The first-order valence-corrected chi connectivity index (χ1v) is 5.90. The Bertz CT molecular complexity index is 309. The van der Waals surface area contributed by atoms with Crippen LogP contribution in [0.2, 0.25) is 0 Å². The predicted molar refractivity (Wildman–Crippen MR) is 63.8 cm³/mol. The molecule has 1 heteroatoms. The Morgan fingerprint density at radius 2 is 2.07 bits per heavy atom. The Morgan fingerprint density at radius 1 is 1.27 bits per heavy atom. The van der Waals surface area contributed by atoms with Gasteiger partial charge in [-0.3, -0.25) is 4.98 Å². The van der Waals surface area contributed by atoms with Gasteiger partial charge >= 0.3 is 0 Å². The standard InChI is InChI=1S/C14H19N/c1-2-9-14(10-5-3-6-11-14)13-8-4-7-12-15-13/h2,4,7-8,12H,1,3,5-6,9-11H2. The van der Waals surface area contributed by atoms with Crippen LogP contribution in [0, 0.1) is 0 Å². The second-order valence-electron chi connectivity index (χ2n) is 4.55. The van der Waals surface area contributed by atoms with E-state index in [1.165, 1.54) is 37.8 Å². The van der Waals surface area contributed by atoms with Gasteiger partial charge < -0.3 is 0 Å². The Hall–Kier alpha value is -1.11. The molecule has 1 heterocycles. The molecule has 1 nitrogen and oxygen atoms in total. The molecule has 1 aliphatic rings. The van der Waals surface area contributed by atoms with E-state index in [9.17, 15) is 0 Å². The van der Waals surface area contributed by atoms with Gasteiger partial charge in [-0.2, -0.15) is 0 Å². The number of aromatic nitrogens is 1. The van der Waals surface area contributed by atoms with Crippen molar-refractivity contribution in [2.45, 2.75) is 43.9 Å². The largest absolute Gasteiger partial charge is 0.261 e. The molecule has 1 aromatic rings. The average Bonchev–Trinajstić information content (AvgIpc) is 2.32. The topological polar surface area (TPSA) is 12.9 Å². The third kappa shape index (κ3) is 2.11. The quantitative estimate of drug-likeness (QED) is 0.677. The lowest BCUT2D eigenvalue weighted by Crippen LogP contribution is -2.29. The lowest BCUT2D eigenvalue weighted by Gasteiger charge is -2.36. The van der Waals surface area contributed by atoms with Crippen molar-refractivity contribution in [1.29, 1.82) is 0 Å². The maximum Gasteiger partial charge on any atom is 0.0468 e. The molecule has 1 fully saturated rings. The Balaban J connectivity index is 2.29. The second kappa shape index (κ2) is 4.61. The van der Waals surface area contributed by atoms with Crippen LogP contribution < -0.4 is 0 Å². The molecular formula is C14H19N. The Labute approximate surface area is 92.2 Å². The van der Waals surface area contributed by atoms with Crippen LogP contribution in [0.15, 0.2) is 37.1 Å². The molecule has 0 amide bonds. The molecule has 1 aliphatic carbocycles.